The van der Waals surface area contributed by atoms with Gasteiger partial charge in [-0.05, 0) is 37.3 Å². The van der Waals surface area contributed by atoms with E-state index >= 15 is 0 Å². The normalized spacial score (nSPS) is 10.0. The molecule has 0 radical (unpaired) electrons. The van der Waals surface area contributed by atoms with Crippen LogP contribution in [0, 0.1) is 0 Å². The maximum atomic E-state index is 12.4. The van der Waals surface area contributed by atoms with E-state index in [4.69, 9.17) is 18.9 Å². The summed E-state index contributed by atoms with van der Waals surface area (Å²) in [4.78, 5) is 23.8. The van der Waals surface area contributed by atoms with Crippen molar-refractivity contribution in [2.24, 2.45) is 0 Å². The Labute approximate surface area is 139 Å². The number of Topliss-reactive ketones (excluding diaryl/α,β-unsaturated/α-hetero) is 1. The summed E-state index contributed by atoms with van der Waals surface area (Å²) in [7, 11) is 4.42. The predicted octanol–water partition coefficient (Wildman–Crippen LogP) is 3.13. The molecule has 2 aromatic carbocycles. The summed E-state index contributed by atoms with van der Waals surface area (Å²) >= 11 is 0. The molecule has 0 aliphatic rings. The van der Waals surface area contributed by atoms with Crippen LogP contribution in [0.2, 0.25) is 0 Å². The summed E-state index contributed by atoms with van der Waals surface area (Å²) in [5, 5.41) is 0. The Morgan fingerprint density at radius 2 is 1.38 bits per heavy atom. The fourth-order valence-corrected chi connectivity index (χ4v) is 2.05. The Kier molecular flexibility index (Phi) is 5.42. The number of benzene rings is 2. The molecule has 6 nitrogen and oxygen atoms in total. The number of hydrogen-bond acceptors (Lipinski definition) is 6. The number of methoxy groups -OCH3 is 3. The highest BCUT2D eigenvalue weighted by Gasteiger charge is 2.16. The number of esters is 1. The lowest BCUT2D eigenvalue weighted by atomic mass is 10.1. The van der Waals surface area contributed by atoms with E-state index in [0.29, 0.717) is 22.8 Å². The third-order valence-electron chi connectivity index (χ3n) is 3.36. The molecular formula is C18H18O6. The number of ether oxygens (including phenoxy) is 4. The van der Waals surface area contributed by atoms with Crippen LogP contribution >= 0.6 is 0 Å². The molecule has 0 aromatic heterocycles. The van der Waals surface area contributed by atoms with Crippen LogP contribution in [0.3, 0.4) is 0 Å². The molecule has 0 unspecified atom stereocenters. The van der Waals surface area contributed by atoms with Crippen LogP contribution in [-0.4, -0.2) is 33.1 Å². The van der Waals surface area contributed by atoms with E-state index in [1.165, 1.54) is 40.4 Å². The quantitative estimate of drug-likeness (QED) is 0.460. The zero-order chi connectivity index (χ0) is 17.7. The van der Waals surface area contributed by atoms with Crippen molar-refractivity contribution in [1.82, 2.24) is 0 Å². The van der Waals surface area contributed by atoms with E-state index in [1.807, 2.05) is 0 Å². The van der Waals surface area contributed by atoms with Crippen molar-refractivity contribution in [3.05, 3.63) is 47.5 Å². The van der Waals surface area contributed by atoms with Crippen LogP contribution in [0.4, 0.5) is 0 Å². The minimum absolute atomic E-state index is 0.108. The van der Waals surface area contributed by atoms with Crippen LogP contribution in [0.1, 0.15) is 27.6 Å². The van der Waals surface area contributed by atoms with Gasteiger partial charge in [0.15, 0.2) is 17.3 Å². The predicted molar refractivity (Wildman–Crippen MR) is 87.5 cm³/mol. The Morgan fingerprint density at radius 1 is 0.750 bits per heavy atom. The highest BCUT2D eigenvalue weighted by molar-refractivity contribution is 5.95. The molecular weight excluding hydrogens is 312 g/mol. The first kappa shape index (κ1) is 17.3. The summed E-state index contributed by atoms with van der Waals surface area (Å²) in [5.41, 5.74) is 0.735. The molecule has 0 bridgehead atoms. The van der Waals surface area contributed by atoms with Crippen LogP contribution in [0.5, 0.6) is 23.0 Å². The molecule has 6 heteroatoms. The fraction of sp³-hybridized carbons (Fsp3) is 0.222. The van der Waals surface area contributed by atoms with Gasteiger partial charge in [0.1, 0.15) is 11.5 Å². The summed E-state index contributed by atoms with van der Waals surface area (Å²) < 4.78 is 20.8. The lowest BCUT2D eigenvalue weighted by Gasteiger charge is -2.11. The van der Waals surface area contributed by atoms with Crippen molar-refractivity contribution in [2.75, 3.05) is 21.3 Å². The van der Waals surface area contributed by atoms with Crippen LogP contribution in [0.15, 0.2) is 36.4 Å². The van der Waals surface area contributed by atoms with Crippen molar-refractivity contribution in [3.63, 3.8) is 0 Å². The van der Waals surface area contributed by atoms with Crippen LogP contribution < -0.4 is 18.9 Å². The number of carbonyl (C=O) groups excluding carboxylic acids is 2. The smallest absolute Gasteiger partial charge is 0.343 e. The van der Waals surface area contributed by atoms with Crippen molar-refractivity contribution < 1.29 is 28.5 Å². The molecule has 0 heterocycles. The van der Waals surface area contributed by atoms with E-state index in [2.05, 4.69) is 0 Å². The summed E-state index contributed by atoms with van der Waals surface area (Å²) in [6.07, 6.45) is 0. The van der Waals surface area contributed by atoms with Gasteiger partial charge in [-0.1, -0.05) is 0 Å². The van der Waals surface area contributed by atoms with Gasteiger partial charge in [0.2, 0.25) is 0 Å². The van der Waals surface area contributed by atoms with E-state index in [-0.39, 0.29) is 17.1 Å². The zero-order valence-electron chi connectivity index (χ0n) is 13.9. The topological polar surface area (TPSA) is 71.1 Å². The second kappa shape index (κ2) is 7.50. The Balaban J connectivity index is 2.31. The molecule has 0 amide bonds. The highest BCUT2D eigenvalue weighted by atomic mass is 16.6. The minimum Gasteiger partial charge on any atom is -0.497 e. The maximum Gasteiger partial charge on any atom is 0.343 e. The van der Waals surface area contributed by atoms with E-state index in [1.54, 1.807) is 24.3 Å². The Morgan fingerprint density at radius 3 is 1.88 bits per heavy atom. The van der Waals surface area contributed by atoms with Gasteiger partial charge >= 0.3 is 5.97 Å². The second-order valence-corrected chi connectivity index (χ2v) is 4.91. The molecule has 0 aliphatic carbocycles. The average Bonchev–Trinajstić information content (AvgIpc) is 2.61. The summed E-state index contributed by atoms with van der Waals surface area (Å²) in [6.45, 7) is 1.45. The summed E-state index contributed by atoms with van der Waals surface area (Å²) in [5.74, 6) is 0.755. The van der Waals surface area contributed by atoms with Gasteiger partial charge in [0.05, 0.1) is 26.9 Å². The molecule has 0 saturated carbocycles. The molecule has 2 aromatic rings. The third kappa shape index (κ3) is 3.84. The second-order valence-electron chi connectivity index (χ2n) is 4.91. The number of hydrogen-bond donors (Lipinski definition) is 0. The molecule has 126 valence electrons. The van der Waals surface area contributed by atoms with Crippen LogP contribution in [0.25, 0.3) is 0 Å². The van der Waals surface area contributed by atoms with Gasteiger partial charge in [-0.25, -0.2) is 4.79 Å². The molecule has 0 saturated heterocycles. The molecule has 24 heavy (non-hydrogen) atoms. The lowest BCUT2D eigenvalue weighted by molar-refractivity contribution is 0.0729. The number of carbonyl (C=O) groups is 2. The van der Waals surface area contributed by atoms with E-state index in [9.17, 15) is 9.59 Å². The van der Waals surface area contributed by atoms with Crippen molar-refractivity contribution in [1.29, 1.82) is 0 Å². The Hall–Kier alpha value is -3.02. The molecule has 0 fully saturated rings. The van der Waals surface area contributed by atoms with Gasteiger partial charge in [-0.15, -0.1) is 0 Å². The molecule has 0 aliphatic heterocycles. The van der Waals surface area contributed by atoms with Crippen molar-refractivity contribution in [2.45, 2.75) is 6.92 Å². The number of rotatable bonds is 6. The van der Waals surface area contributed by atoms with Crippen LogP contribution in [-0.2, 0) is 0 Å². The first-order valence-corrected chi connectivity index (χ1v) is 7.12. The molecule has 0 atom stereocenters. The Bertz CT molecular complexity index is 744. The molecule has 0 spiro atoms. The van der Waals surface area contributed by atoms with Crippen molar-refractivity contribution >= 4 is 11.8 Å². The van der Waals surface area contributed by atoms with Gasteiger partial charge in [-0.3, -0.25) is 4.79 Å². The monoisotopic (exact) mass is 330 g/mol. The average molecular weight is 330 g/mol. The van der Waals surface area contributed by atoms with E-state index in [0.717, 1.165) is 0 Å². The maximum absolute atomic E-state index is 12.4. The first-order chi connectivity index (χ1) is 11.5. The highest BCUT2D eigenvalue weighted by Crippen LogP contribution is 2.30. The standard InChI is InChI=1S/C18H18O6/c1-11(19)12-5-6-16(17(9-12)23-4)24-18(20)13-7-14(21-2)10-15(8-13)22-3/h5-10H,1-4H3. The summed E-state index contributed by atoms with van der Waals surface area (Å²) in [6, 6.07) is 9.35. The van der Waals surface area contributed by atoms with E-state index < -0.39 is 5.97 Å². The fourth-order valence-electron chi connectivity index (χ4n) is 2.05. The van der Waals surface area contributed by atoms with Gasteiger partial charge in [0.25, 0.3) is 0 Å². The third-order valence-corrected chi connectivity index (χ3v) is 3.36. The minimum atomic E-state index is -0.596. The van der Waals surface area contributed by atoms with Gasteiger partial charge in [-0.2, -0.15) is 0 Å². The molecule has 0 N–H and O–H groups in total. The molecule has 2 rings (SSSR count). The first-order valence-electron chi connectivity index (χ1n) is 7.12. The zero-order valence-corrected chi connectivity index (χ0v) is 13.9. The lowest BCUT2D eigenvalue weighted by Crippen LogP contribution is -2.10. The SMILES string of the molecule is COc1cc(OC)cc(C(=O)Oc2ccc(C(C)=O)cc2OC)c1. The largest absolute Gasteiger partial charge is 0.497 e. The van der Waals surface area contributed by atoms with Gasteiger partial charge in [0, 0.05) is 11.6 Å². The number of ketones is 1. The van der Waals surface area contributed by atoms with Crippen molar-refractivity contribution in [3.8, 4) is 23.0 Å². The van der Waals surface area contributed by atoms with Gasteiger partial charge < -0.3 is 18.9 Å².